The predicted octanol–water partition coefficient (Wildman–Crippen LogP) is 7.61. The van der Waals surface area contributed by atoms with Gasteiger partial charge in [-0.1, -0.05) is 45.2 Å². The van der Waals surface area contributed by atoms with Crippen LogP contribution in [0.3, 0.4) is 0 Å². The second-order valence-corrected chi connectivity index (χ2v) is 10.5. The van der Waals surface area contributed by atoms with E-state index in [1.807, 2.05) is 6.20 Å². The molecule has 2 atom stereocenters. The molecule has 0 bridgehead atoms. The molecule has 1 aromatic heterocycles. The van der Waals surface area contributed by atoms with Gasteiger partial charge in [0.25, 0.3) is 0 Å². The molecule has 0 aliphatic heterocycles. The van der Waals surface area contributed by atoms with E-state index in [0.29, 0.717) is 12.0 Å². The standard InChI is InChI=1S/C29H38N4/c1-19-7-12-23(13-8-19)32-24-14-9-21(10-15-24)29-31-18-28(33-29)26-16-11-22(17-27(26)30)25-6-4-3-5-20(25)2/h9-11,14-20,23,25,32H,3-8,12-13,30H2,1-2H3,(H,31,33). The largest absolute Gasteiger partial charge is 0.398 e. The molecule has 0 saturated heterocycles. The van der Waals surface area contributed by atoms with Gasteiger partial charge in [0.05, 0.1) is 11.9 Å². The van der Waals surface area contributed by atoms with Crippen LogP contribution in [0.2, 0.25) is 0 Å². The normalized spacial score (nSPS) is 25.6. The average Bonchev–Trinajstić information content (AvgIpc) is 3.31. The minimum absolute atomic E-state index is 0.602. The van der Waals surface area contributed by atoms with E-state index in [4.69, 9.17) is 5.73 Å². The van der Waals surface area contributed by atoms with Gasteiger partial charge >= 0.3 is 0 Å². The molecule has 0 radical (unpaired) electrons. The molecule has 0 spiro atoms. The Morgan fingerprint density at radius 2 is 1.67 bits per heavy atom. The summed E-state index contributed by atoms with van der Waals surface area (Å²) in [6.07, 6.45) is 12.4. The molecule has 2 unspecified atom stereocenters. The fourth-order valence-electron chi connectivity index (χ4n) is 5.84. The minimum Gasteiger partial charge on any atom is -0.398 e. The lowest BCUT2D eigenvalue weighted by atomic mass is 9.76. The van der Waals surface area contributed by atoms with Crippen molar-refractivity contribution in [3.63, 3.8) is 0 Å². The van der Waals surface area contributed by atoms with E-state index >= 15 is 0 Å². The maximum absolute atomic E-state index is 6.51. The van der Waals surface area contributed by atoms with Crippen LogP contribution in [0.4, 0.5) is 11.4 Å². The van der Waals surface area contributed by atoms with E-state index in [1.165, 1.54) is 62.6 Å². The molecular weight excluding hydrogens is 404 g/mol. The summed E-state index contributed by atoms with van der Waals surface area (Å²) in [5.74, 6) is 3.13. The number of rotatable bonds is 5. The number of imidazole rings is 1. The second kappa shape index (κ2) is 9.62. The monoisotopic (exact) mass is 442 g/mol. The molecule has 33 heavy (non-hydrogen) atoms. The van der Waals surface area contributed by atoms with Gasteiger partial charge in [-0.15, -0.1) is 0 Å². The zero-order chi connectivity index (χ0) is 22.8. The Hall–Kier alpha value is -2.75. The Balaban J connectivity index is 1.28. The molecular formula is C29H38N4. The number of hydrogen-bond donors (Lipinski definition) is 3. The van der Waals surface area contributed by atoms with Gasteiger partial charge in [0, 0.05) is 28.5 Å². The van der Waals surface area contributed by atoms with Crippen LogP contribution in [0.1, 0.15) is 76.7 Å². The van der Waals surface area contributed by atoms with E-state index in [0.717, 1.165) is 40.2 Å². The Morgan fingerprint density at radius 3 is 2.39 bits per heavy atom. The molecule has 2 fully saturated rings. The van der Waals surface area contributed by atoms with Crippen LogP contribution in [0, 0.1) is 11.8 Å². The SMILES string of the molecule is CC1CCC(Nc2ccc(-c3ncc(-c4ccc(C5CCCCC5C)cc4N)[nH]3)cc2)CC1. The molecule has 2 aliphatic carbocycles. The van der Waals surface area contributed by atoms with E-state index in [-0.39, 0.29) is 0 Å². The number of benzene rings is 2. The van der Waals surface area contributed by atoms with Crippen molar-refractivity contribution in [3.8, 4) is 22.6 Å². The number of hydrogen-bond acceptors (Lipinski definition) is 3. The van der Waals surface area contributed by atoms with Gasteiger partial charge in [-0.3, -0.25) is 0 Å². The predicted molar refractivity (Wildman–Crippen MR) is 139 cm³/mol. The smallest absolute Gasteiger partial charge is 0.137 e. The zero-order valence-electron chi connectivity index (χ0n) is 20.1. The van der Waals surface area contributed by atoms with Crippen LogP contribution in [-0.2, 0) is 0 Å². The highest BCUT2D eigenvalue weighted by molar-refractivity contribution is 5.76. The Bertz CT molecular complexity index is 1060. The third-order valence-electron chi connectivity index (χ3n) is 8.03. The van der Waals surface area contributed by atoms with Crippen molar-refractivity contribution in [1.82, 2.24) is 9.97 Å². The van der Waals surface area contributed by atoms with E-state index in [2.05, 4.69) is 71.6 Å². The molecule has 3 aromatic rings. The molecule has 2 aliphatic rings. The lowest BCUT2D eigenvalue weighted by Crippen LogP contribution is -2.25. The van der Waals surface area contributed by atoms with Crippen molar-refractivity contribution in [3.05, 3.63) is 54.2 Å². The van der Waals surface area contributed by atoms with Gasteiger partial charge in [-0.05, 0) is 85.8 Å². The van der Waals surface area contributed by atoms with Crippen LogP contribution in [0.25, 0.3) is 22.6 Å². The number of nitrogens with two attached hydrogens (primary N) is 1. The van der Waals surface area contributed by atoms with Crippen molar-refractivity contribution in [2.24, 2.45) is 11.8 Å². The van der Waals surface area contributed by atoms with Gasteiger partial charge in [-0.2, -0.15) is 0 Å². The van der Waals surface area contributed by atoms with Crippen LogP contribution in [-0.4, -0.2) is 16.0 Å². The minimum atomic E-state index is 0.602. The molecule has 4 N–H and O–H groups in total. The molecule has 2 saturated carbocycles. The maximum atomic E-state index is 6.51. The van der Waals surface area contributed by atoms with Gasteiger partial charge in [0.2, 0.25) is 0 Å². The second-order valence-electron chi connectivity index (χ2n) is 10.5. The third kappa shape index (κ3) is 4.95. The van der Waals surface area contributed by atoms with Crippen molar-refractivity contribution in [2.75, 3.05) is 11.1 Å². The first-order chi connectivity index (χ1) is 16.1. The van der Waals surface area contributed by atoms with Gasteiger partial charge in [-0.25, -0.2) is 4.98 Å². The van der Waals surface area contributed by atoms with Gasteiger partial charge in [0.1, 0.15) is 5.82 Å². The summed E-state index contributed by atoms with van der Waals surface area (Å²) < 4.78 is 0. The third-order valence-corrected chi connectivity index (χ3v) is 8.03. The first kappa shape index (κ1) is 22.1. The van der Waals surface area contributed by atoms with Crippen LogP contribution in [0.15, 0.2) is 48.7 Å². The van der Waals surface area contributed by atoms with Gasteiger partial charge < -0.3 is 16.0 Å². The van der Waals surface area contributed by atoms with Gasteiger partial charge in [0.15, 0.2) is 0 Å². The summed E-state index contributed by atoms with van der Waals surface area (Å²) in [5.41, 5.74) is 13.0. The number of nitrogens with zero attached hydrogens (tertiary/aromatic N) is 1. The summed E-state index contributed by atoms with van der Waals surface area (Å²) in [4.78, 5) is 8.14. The zero-order valence-corrected chi connectivity index (χ0v) is 20.1. The summed E-state index contributed by atoms with van der Waals surface area (Å²) in [7, 11) is 0. The Labute approximate surface area is 198 Å². The highest BCUT2D eigenvalue weighted by Gasteiger charge is 2.23. The Kier molecular flexibility index (Phi) is 6.43. The van der Waals surface area contributed by atoms with E-state index in [9.17, 15) is 0 Å². The molecule has 4 nitrogen and oxygen atoms in total. The summed E-state index contributed by atoms with van der Waals surface area (Å²) in [6, 6.07) is 15.9. The quantitative estimate of drug-likeness (QED) is 0.356. The summed E-state index contributed by atoms with van der Waals surface area (Å²) in [6.45, 7) is 4.74. The molecule has 4 heteroatoms. The first-order valence-corrected chi connectivity index (χ1v) is 12.9. The molecule has 1 heterocycles. The molecule has 0 amide bonds. The summed E-state index contributed by atoms with van der Waals surface area (Å²) in [5, 5.41) is 3.71. The fraction of sp³-hybridized carbons (Fsp3) is 0.483. The highest BCUT2D eigenvalue weighted by Crippen LogP contribution is 2.39. The number of H-pyrrole nitrogens is 1. The van der Waals surface area contributed by atoms with Crippen LogP contribution in [0.5, 0.6) is 0 Å². The van der Waals surface area contributed by atoms with Crippen LogP contribution >= 0.6 is 0 Å². The summed E-state index contributed by atoms with van der Waals surface area (Å²) >= 11 is 0. The topological polar surface area (TPSA) is 66.7 Å². The number of aromatic nitrogens is 2. The maximum Gasteiger partial charge on any atom is 0.137 e. The average molecular weight is 443 g/mol. The molecule has 2 aromatic carbocycles. The molecule has 174 valence electrons. The van der Waals surface area contributed by atoms with E-state index < -0.39 is 0 Å². The first-order valence-electron chi connectivity index (χ1n) is 12.9. The Morgan fingerprint density at radius 1 is 0.909 bits per heavy atom. The van der Waals surface area contributed by atoms with Crippen molar-refractivity contribution < 1.29 is 0 Å². The lowest BCUT2D eigenvalue weighted by molar-refractivity contribution is 0.331. The fourth-order valence-corrected chi connectivity index (χ4v) is 5.84. The van der Waals surface area contributed by atoms with E-state index in [1.54, 1.807) is 0 Å². The lowest BCUT2D eigenvalue weighted by Gasteiger charge is -2.29. The van der Waals surface area contributed by atoms with Crippen molar-refractivity contribution >= 4 is 11.4 Å². The number of aromatic amines is 1. The molecule has 5 rings (SSSR count). The van der Waals surface area contributed by atoms with Crippen molar-refractivity contribution in [2.45, 2.75) is 77.2 Å². The number of nitrogens with one attached hydrogen (secondary N) is 2. The van der Waals surface area contributed by atoms with Crippen LogP contribution < -0.4 is 11.1 Å². The van der Waals surface area contributed by atoms with Crippen molar-refractivity contribution in [1.29, 1.82) is 0 Å². The number of anilines is 2. The number of nitrogen functional groups attached to an aromatic ring is 1. The highest BCUT2D eigenvalue weighted by atomic mass is 14.9.